The number of hydrogen-bond donors (Lipinski definition) is 3. The Labute approximate surface area is 138 Å². The van der Waals surface area contributed by atoms with Crippen LogP contribution in [0, 0.1) is 11.3 Å². The molecule has 3 N–H and O–H groups in total. The summed E-state index contributed by atoms with van der Waals surface area (Å²) in [5, 5.41) is 9.58. The van der Waals surface area contributed by atoms with E-state index in [1.807, 2.05) is 24.3 Å². The molecule has 3 rings (SSSR count). The van der Waals surface area contributed by atoms with Gasteiger partial charge in [0.15, 0.2) is 5.78 Å². The van der Waals surface area contributed by atoms with E-state index in [1.54, 1.807) is 0 Å². The minimum Gasteiger partial charge on any atom is -0.353 e. The van der Waals surface area contributed by atoms with Gasteiger partial charge in [0.1, 0.15) is 0 Å². The smallest absolute Gasteiger partial charge is 0.237 e. The van der Waals surface area contributed by atoms with Crippen molar-refractivity contribution in [3.05, 3.63) is 24.3 Å². The average Bonchev–Trinajstić information content (AvgIpc) is 3.24. The molecule has 0 bridgehead atoms. The number of carbonyl (C=O) groups excluding carboxylic acids is 2. The fraction of sp³-hybridized carbons (Fsp3) is 0.667. The minimum atomic E-state index is -0.603. The van der Waals surface area contributed by atoms with Gasteiger partial charge in [-0.2, -0.15) is 0 Å². The first kappa shape index (κ1) is 16.4. The fourth-order valence-electron chi connectivity index (χ4n) is 3.86. The van der Waals surface area contributed by atoms with E-state index in [9.17, 15) is 9.59 Å². The lowest BCUT2D eigenvalue weighted by Crippen LogP contribution is -2.52. The van der Waals surface area contributed by atoms with Crippen LogP contribution in [0.2, 0.25) is 0 Å². The molecule has 0 aromatic heterocycles. The topological polar surface area (TPSA) is 70.2 Å². The summed E-state index contributed by atoms with van der Waals surface area (Å²) in [6, 6.07) is -0.207. The van der Waals surface area contributed by atoms with E-state index in [2.05, 4.69) is 22.9 Å². The standard InChI is InChI=1S/C18H27N3O2/c1-13-7-11-20-15(13)17(23)21-12-18(8-3-2-4-9-18)16(22)14-6-5-10-19-14/h2-4,8,13-15,19-20H,5-7,9-12H2,1H3,(H,21,23)/t13-,14-,15-,18?/m0/s1. The van der Waals surface area contributed by atoms with Crippen molar-refractivity contribution in [1.82, 2.24) is 16.0 Å². The van der Waals surface area contributed by atoms with Gasteiger partial charge in [0.05, 0.1) is 17.5 Å². The van der Waals surface area contributed by atoms with Crippen LogP contribution in [-0.4, -0.2) is 43.4 Å². The monoisotopic (exact) mass is 317 g/mol. The van der Waals surface area contributed by atoms with Gasteiger partial charge in [-0.3, -0.25) is 9.59 Å². The first-order chi connectivity index (χ1) is 11.1. The summed E-state index contributed by atoms with van der Waals surface area (Å²) in [6.07, 6.45) is 11.5. The lowest BCUT2D eigenvalue weighted by atomic mass is 9.74. The fourth-order valence-corrected chi connectivity index (χ4v) is 3.86. The molecule has 1 amide bonds. The van der Waals surface area contributed by atoms with Crippen molar-refractivity contribution in [2.75, 3.05) is 19.6 Å². The van der Waals surface area contributed by atoms with Gasteiger partial charge in [-0.15, -0.1) is 0 Å². The molecule has 0 radical (unpaired) electrons. The number of nitrogens with one attached hydrogen (secondary N) is 3. The van der Waals surface area contributed by atoms with Crippen LogP contribution in [0.3, 0.4) is 0 Å². The van der Waals surface area contributed by atoms with E-state index in [1.165, 1.54) is 0 Å². The van der Waals surface area contributed by atoms with Gasteiger partial charge in [0, 0.05) is 6.54 Å². The third-order valence-corrected chi connectivity index (χ3v) is 5.41. The summed E-state index contributed by atoms with van der Waals surface area (Å²) in [4.78, 5) is 25.4. The Bertz CT molecular complexity index is 522. The highest BCUT2D eigenvalue weighted by Crippen LogP contribution is 2.31. The number of amides is 1. The van der Waals surface area contributed by atoms with Gasteiger partial charge >= 0.3 is 0 Å². The quantitative estimate of drug-likeness (QED) is 0.705. The van der Waals surface area contributed by atoms with Gasteiger partial charge in [-0.25, -0.2) is 0 Å². The summed E-state index contributed by atoms with van der Waals surface area (Å²) in [6.45, 7) is 4.27. The Morgan fingerprint density at radius 1 is 1.22 bits per heavy atom. The molecule has 126 valence electrons. The Morgan fingerprint density at radius 3 is 2.70 bits per heavy atom. The van der Waals surface area contributed by atoms with Gasteiger partial charge in [0.25, 0.3) is 0 Å². The zero-order chi connectivity index (χ0) is 16.3. The second-order valence-corrected chi connectivity index (χ2v) is 7.08. The molecular weight excluding hydrogens is 290 g/mol. The van der Waals surface area contributed by atoms with Crippen LogP contribution >= 0.6 is 0 Å². The first-order valence-corrected chi connectivity index (χ1v) is 8.75. The van der Waals surface area contributed by atoms with Crippen molar-refractivity contribution in [3.8, 4) is 0 Å². The molecule has 3 aliphatic rings. The molecule has 5 nitrogen and oxygen atoms in total. The maximum absolute atomic E-state index is 13.0. The predicted octanol–water partition coefficient (Wildman–Crippen LogP) is 0.924. The number of carbonyl (C=O) groups is 2. The summed E-state index contributed by atoms with van der Waals surface area (Å²) in [7, 11) is 0. The number of ketones is 1. The van der Waals surface area contributed by atoms with Crippen LogP contribution in [0.1, 0.15) is 32.6 Å². The highest BCUT2D eigenvalue weighted by Gasteiger charge is 2.41. The van der Waals surface area contributed by atoms with Gasteiger partial charge in [-0.05, 0) is 44.7 Å². The van der Waals surface area contributed by atoms with E-state index >= 15 is 0 Å². The molecule has 1 aliphatic carbocycles. The SMILES string of the molecule is C[C@H]1CCN[C@@H]1C(=O)NCC1(C(=O)[C@@H]2CCCN2)C=CC=CC1. The zero-order valence-corrected chi connectivity index (χ0v) is 13.8. The molecule has 2 aliphatic heterocycles. The van der Waals surface area contributed by atoms with Crippen molar-refractivity contribution in [3.63, 3.8) is 0 Å². The lowest BCUT2D eigenvalue weighted by Gasteiger charge is -2.33. The molecule has 23 heavy (non-hydrogen) atoms. The molecule has 2 saturated heterocycles. The molecule has 1 unspecified atom stereocenters. The Hall–Kier alpha value is -1.46. The van der Waals surface area contributed by atoms with Crippen molar-refractivity contribution in [2.24, 2.45) is 11.3 Å². The molecule has 5 heteroatoms. The molecule has 2 fully saturated rings. The maximum Gasteiger partial charge on any atom is 0.237 e. The number of Topliss-reactive ketones (excluding diaryl/α,β-unsaturated/α-hetero) is 1. The summed E-state index contributed by atoms with van der Waals surface area (Å²) in [5.74, 6) is 0.577. The Balaban J connectivity index is 1.67. The molecule has 0 aromatic rings. The highest BCUT2D eigenvalue weighted by atomic mass is 16.2. The van der Waals surface area contributed by atoms with Crippen LogP contribution < -0.4 is 16.0 Å². The van der Waals surface area contributed by atoms with Crippen LogP contribution in [0.5, 0.6) is 0 Å². The Kier molecular flexibility index (Phi) is 4.97. The van der Waals surface area contributed by atoms with Crippen molar-refractivity contribution in [2.45, 2.75) is 44.7 Å². The molecule has 4 atom stereocenters. The number of hydrogen-bond acceptors (Lipinski definition) is 4. The van der Waals surface area contributed by atoms with Gasteiger partial charge in [-0.1, -0.05) is 31.2 Å². The van der Waals surface area contributed by atoms with Crippen LogP contribution in [0.15, 0.2) is 24.3 Å². The van der Waals surface area contributed by atoms with Crippen molar-refractivity contribution in [1.29, 1.82) is 0 Å². The molecule has 0 spiro atoms. The molecular formula is C18H27N3O2. The van der Waals surface area contributed by atoms with E-state index in [4.69, 9.17) is 0 Å². The third-order valence-electron chi connectivity index (χ3n) is 5.41. The lowest BCUT2D eigenvalue weighted by molar-refractivity contribution is -0.129. The summed E-state index contributed by atoms with van der Waals surface area (Å²) in [5.41, 5.74) is -0.603. The molecule has 2 heterocycles. The second-order valence-electron chi connectivity index (χ2n) is 7.08. The average molecular weight is 317 g/mol. The van der Waals surface area contributed by atoms with Gasteiger partial charge in [0.2, 0.25) is 5.91 Å². The molecule has 0 aromatic carbocycles. The Morgan fingerprint density at radius 2 is 2.09 bits per heavy atom. The van der Waals surface area contributed by atoms with Crippen LogP contribution in [-0.2, 0) is 9.59 Å². The number of allylic oxidation sites excluding steroid dienone is 3. The molecule has 0 saturated carbocycles. The van der Waals surface area contributed by atoms with E-state index in [0.717, 1.165) is 32.4 Å². The zero-order valence-electron chi connectivity index (χ0n) is 13.8. The summed E-state index contributed by atoms with van der Waals surface area (Å²) < 4.78 is 0. The van der Waals surface area contributed by atoms with Crippen molar-refractivity contribution < 1.29 is 9.59 Å². The van der Waals surface area contributed by atoms with E-state index < -0.39 is 5.41 Å². The third kappa shape index (κ3) is 3.40. The maximum atomic E-state index is 13.0. The summed E-state index contributed by atoms with van der Waals surface area (Å²) >= 11 is 0. The largest absolute Gasteiger partial charge is 0.353 e. The van der Waals surface area contributed by atoms with Crippen LogP contribution in [0.25, 0.3) is 0 Å². The van der Waals surface area contributed by atoms with Gasteiger partial charge < -0.3 is 16.0 Å². The second kappa shape index (κ2) is 6.97. The normalized spacial score (nSPS) is 36.3. The highest BCUT2D eigenvalue weighted by molar-refractivity contribution is 5.93. The van der Waals surface area contributed by atoms with E-state index in [0.29, 0.717) is 18.9 Å². The van der Waals surface area contributed by atoms with Crippen LogP contribution in [0.4, 0.5) is 0 Å². The minimum absolute atomic E-state index is 0.0181. The predicted molar refractivity (Wildman–Crippen MR) is 89.9 cm³/mol. The number of rotatable bonds is 5. The van der Waals surface area contributed by atoms with Crippen molar-refractivity contribution >= 4 is 11.7 Å². The first-order valence-electron chi connectivity index (χ1n) is 8.75. The van der Waals surface area contributed by atoms with E-state index in [-0.39, 0.29) is 23.8 Å².